The van der Waals surface area contributed by atoms with E-state index in [4.69, 9.17) is 0 Å². The molecule has 0 amide bonds. The normalized spacial score (nSPS) is 18.1. The Balaban J connectivity index is 2.05. The highest BCUT2D eigenvalue weighted by Gasteiger charge is 2.19. The van der Waals surface area contributed by atoms with E-state index in [2.05, 4.69) is 5.38 Å². The SMILES string of the molecule is Fc1ccc2scc([C]3CCCCC3)c2c1. The number of thiophene rings is 1. The maximum Gasteiger partial charge on any atom is 0.123 e. The zero-order valence-corrected chi connectivity index (χ0v) is 9.95. The summed E-state index contributed by atoms with van der Waals surface area (Å²) < 4.78 is 14.5. The highest BCUT2D eigenvalue weighted by molar-refractivity contribution is 7.17. The molecule has 83 valence electrons. The van der Waals surface area contributed by atoms with Crippen LogP contribution < -0.4 is 0 Å². The van der Waals surface area contributed by atoms with Crippen molar-refractivity contribution in [2.75, 3.05) is 0 Å². The maximum absolute atomic E-state index is 13.3. The molecule has 1 heterocycles. The van der Waals surface area contributed by atoms with Crippen LogP contribution in [0.2, 0.25) is 0 Å². The lowest BCUT2D eigenvalue weighted by molar-refractivity contribution is 0.553. The molecular formula is C14H14FS. The molecule has 16 heavy (non-hydrogen) atoms. The molecule has 2 aromatic rings. The Morgan fingerprint density at radius 1 is 1.06 bits per heavy atom. The van der Waals surface area contributed by atoms with Crippen molar-refractivity contribution < 1.29 is 4.39 Å². The van der Waals surface area contributed by atoms with Crippen LogP contribution in [0.1, 0.15) is 37.7 Å². The standard InChI is InChI=1S/C14H14FS/c15-11-6-7-14-12(8-11)13(9-16-14)10-4-2-1-3-5-10/h6-9H,1-5H2. The van der Waals surface area contributed by atoms with Gasteiger partial charge in [-0.15, -0.1) is 11.3 Å². The second-order valence-electron chi connectivity index (χ2n) is 4.45. The predicted octanol–water partition coefficient (Wildman–Crippen LogP) is 4.93. The van der Waals surface area contributed by atoms with E-state index < -0.39 is 0 Å². The third-order valence-corrected chi connectivity index (χ3v) is 4.34. The quantitative estimate of drug-likeness (QED) is 0.655. The topological polar surface area (TPSA) is 0 Å². The van der Waals surface area contributed by atoms with E-state index >= 15 is 0 Å². The second kappa shape index (κ2) is 4.17. The van der Waals surface area contributed by atoms with Crippen molar-refractivity contribution in [3.8, 4) is 0 Å². The highest BCUT2D eigenvalue weighted by atomic mass is 32.1. The van der Waals surface area contributed by atoms with Gasteiger partial charge in [-0.1, -0.05) is 19.3 Å². The minimum atomic E-state index is -0.122. The van der Waals surface area contributed by atoms with Gasteiger partial charge in [0.1, 0.15) is 5.82 Å². The number of fused-ring (bicyclic) bond motifs is 1. The smallest absolute Gasteiger partial charge is 0.123 e. The Labute approximate surface area is 99.1 Å². The lowest BCUT2D eigenvalue weighted by Crippen LogP contribution is -2.04. The van der Waals surface area contributed by atoms with Gasteiger partial charge in [0.15, 0.2) is 0 Å². The van der Waals surface area contributed by atoms with E-state index in [9.17, 15) is 4.39 Å². The van der Waals surface area contributed by atoms with Crippen molar-refractivity contribution >= 4 is 21.4 Å². The van der Waals surface area contributed by atoms with E-state index in [-0.39, 0.29) is 5.82 Å². The lowest BCUT2D eigenvalue weighted by atomic mass is 9.84. The molecule has 0 saturated heterocycles. The van der Waals surface area contributed by atoms with Gasteiger partial charge in [-0.25, -0.2) is 4.39 Å². The summed E-state index contributed by atoms with van der Waals surface area (Å²) >= 11 is 1.73. The summed E-state index contributed by atoms with van der Waals surface area (Å²) in [7, 11) is 0. The van der Waals surface area contributed by atoms with Gasteiger partial charge in [0, 0.05) is 10.6 Å². The molecule has 0 nitrogen and oxygen atoms in total. The van der Waals surface area contributed by atoms with Crippen molar-refractivity contribution in [1.29, 1.82) is 0 Å². The van der Waals surface area contributed by atoms with E-state index in [0.717, 1.165) is 5.39 Å². The summed E-state index contributed by atoms with van der Waals surface area (Å²) in [5.41, 5.74) is 1.30. The molecule has 2 heteroatoms. The number of hydrogen-bond donors (Lipinski definition) is 0. The average molecular weight is 233 g/mol. The van der Waals surface area contributed by atoms with Gasteiger partial charge in [-0.05, 0) is 47.4 Å². The molecule has 1 saturated carbocycles. The lowest BCUT2D eigenvalue weighted by Gasteiger charge is -2.20. The second-order valence-corrected chi connectivity index (χ2v) is 5.37. The Kier molecular flexibility index (Phi) is 2.68. The first-order chi connectivity index (χ1) is 7.84. The maximum atomic E-state index is 13.3. The van der Waals surface area contributed by atoms with E-state index in [0.29, 0.717) is 0 Å². The Morgan fingerprint density at radius 3 is 2.69 bits per heavy atom. The first-order valence-corrected chi connectivity index (χ1v) is 6.74. The summed E-state index contributed by atoms with van der Waals surface area (Å²) in [6, 6.07) is 5.12. The fraction of sp³-hybridized carbons (Fsp3) is 0.357. The van der Waals surface area contributed by atoms with Crippen LogP contribution in [-0.2, 0) is 0 Å². The largest absolute Gasteiger partial charge is 0.207 e. The Hall–Kier alpha value is -0.890. The van der Waals surface area contributed by atoms with Gasteiger partial charge in [0.25, 0.3) is 0 Å². The summed E-state index contributed by atoms with van der Waals surface area (Å²) in [5, 5.41) is 3.31. The van der Waals surface area contributed by atoms with Gasteiger partial charge in [-0.2, -0.15) is 0 Å². The van der Waals surface area contributed by atoms with Gasteiger partial charge in [-0.3, -0.25) is 0 Å². The van der Waals surface area contributed by atoms with Crippen LogP contribution in [-0.4, -0.2) is 0 Å². The van der Waals surface area contributed by atoms with Crippen LogP contribution >= 0.6 is 11.3 Å². The van der Waals surface area contributed by atoms with Crippen molar-refractivity contribution in [2.45, 2.75) is 32.1 Å². The molecule has 1 fully saturated rings. The average Bonchev–Trinajstić information content (AvgIpc) is 2.73. The van der Waals surface area contributed by atoms with Gasteiger partial charge in [0.2, 0.25) is 0 Å². The van der Waals surface area contributed by atoms with Gasteiger partial charge in [0.05, 0.1) is 0 Å². The van der Waals surface area contributed by atoms with E-state index in [1.54, 1.807) is 23.5 Å². The number of benzene rings is 1. The monoisotopic (exact) mass is 233 g/mol. The van der Waals surface area contributed by atoms with E-state index in [1.807, 2.05) is 6.07 Å². The fourth-order valence-corrected chi connectivity index (χ4v) is 3.50. The van der Waals surface area contributed by atoms with Crippen molar-refractivity contribution in [2.24, 2.45) is 0 Å². The van der Waals surface area contributed by atoms with Crippen LogP contribution in [0.4, 0.5) is 4.39 Å². The number of halogens is 1. The van der Waals surface area contributed by atoms with Crippen LogP contribution in [0.25, 0.3) is 10.1 Å². The molecule has 0 N–H and O–H groups in total. The van der Waals surface area contributed by atoms with Crippen molar-refractivity contribution in [3.05, 3.63) is 40.9 Å². The summed E-state index contributed by atoms with van der Waals surface area (Å²) in [5.74, 6) is 1.41. The zero-order chi connectivity index (χ0) is 11.0. The van der Waals surface area contributed by atoms with Crippen molar-refractivity contribution in [1.82, 2.24) is 0 Å². The highest BCUT2D eigenvalue weighted by Crippen LogP contribution is 2.38. The van der Waals surface area contributed by atoms with Crippen LogP contribution in [0.5, 0.6) is 0 Å². The summed E-state index contributed by atoms with van der Waals surface area (Å²) in [6.07, 6.45) is 6.33. The van der Waals surface area contributed by atoms with E-state index in [1.165, 1.54) is 48.3 Å². The molecule has 1 aromatic heterocycles. The molecule has 3 rings (SSSR count). The van der Waals surface area contributed by atoms with Crippen molar-refractivity contribution in [3.63, 3.8) is 0 Å². The first-order valence-electron chi connectivity index (χ1n) is 5.86. The molecule has 0 atom stereocenters. The third-order valence-electron chi connectivity index (χ3n) is 3.37. The molecule has 1 radical (unpaired) electrons. The summed E-state index contributed by atoms with van der Waals surface area (Å²) in [6.45, 7) is 0. The Morgan fingerprint density at radius 2 is 1.88 bits per heavy atom. The summed E-state index contributed by atoms with van der Waals surface area (Å²) in [4.78, 5) is 0. The van der Waals surface area contributed by atoms with Gasteiger partial charge >= 0.3 is 0 Å². The van der Waals surface area contributed by atoms with Gasteiger partial charge < -0.3 is 0 Å². The molecule has 1 aromatic carbocycles. The Bertz CT molecular complexity index is 494. The third kappa shape index (κ3) is 1.75. The van der Waals surface area contributed by atoms with Crippen LogP contribution in [0.15, 0.2) is 23.6 Å². The molecule has 1 aliphatic carbocycles. The molecule has 0 bridgehead atoms. The predicted molar refractivity (Wildman–Crippen MR) is 67.2 cm³/mol. The minimum absolute atomic E-state index is 0.122. The van der Waals surface area contributed by atoms with Crippen LogP contribution in [0.3, 0.4) is 0 Å². The molecule has 0 aliphatic heterocycles. The molecule has 0 spiro atoms. The minimum Gasteiger partial charge on any atom is -0.207 e. The molecule has 0 unspecified atom stereocenters. The van der Waals surface area contributed by atoms with Crippen LogP contribution in [0, 0.1) is 11.7 Å². The molecule has 1 aliphatic rings. The first kappa shape index (κ1) is 10.3. The molecular weight excluding hydrogens is 219 g/mol. The fourth-order valence-electron chi connectivity index (χ4n) is 2.52. The number of hydrogen-bond acceptors (Lipinski definition) is 1. The number of rotatable bonds is 1. The zero-order valence-electron chi connectivity index (χ0n) is 9.13.